The summed E-state index contributed by atoms with van der Waals surface area (Å²) in [6.45, 7) is 11.1. The number of aromatic nitrogens is 2. The zero-order chi connectivity index (χ0) is 14.6. The molecular weight excluding hydrogens is 252 g/mol. The van der Waals surface area contributed by atoms with Crippen LogP contribution >= 0.6 is 0 Å². The SMILES string of the molecule is CCn1cc(CC(N)C(C)(CC)N2CCOCC2)cn1. The van der Waals surface area contributed by atoms with E-state index in [1.807, 2.05) is 10.9 Å². The monoisotopic (exact) mass is 280 g/mol. The largest absolute Gasteiger partial charge is 0.379 e. The van der Waals surface area contributed by atoms with Gasteiger partial charge in [-0.15, -0.1) is 0 Å². The van der Waals surface area contributed by atoms with Crippen LogP contribution in [-0.4, -0.2) is 52.6 Å². The number of aryl methyl sites for hydroxylation is 1. The average molecular weight is 280 g/mol. The van der Waals surface area contributed by atoms with Gasteiger partial charge in [-0.05, 0) is 32.3 Å². The number of nitrogens with zero attached hydrogens (tertiary/aromatic N) is 3. The molecule has 1 aromatic rings. The lowest BCUT2D eigenvalue weighted by Crippen LogP contribution is -2.61. The molecule has 0 aliphatic carbocycles. The number of nitrogens with two attached hydrogens (primary N) is 1. The first-order valence-corrected chi connectivity index (χ1v) is 7.69. The van der Waals surface area contributed by atoms with Crippen molar-refractivity contribution in [2.24, 2.45) is 5.73 Å². The molecule has 5 heteroatoms. The van der Waals surface area contributed by atoms with Crippen LogP contribution in [0.15, 0.2) is 12.4 Å². The topological polar surface area (TPSA) is 56.3 Å². The van der Waals surface area contributed by atoms with Gasteiger partial charge in [0.25, 0.3) is 0 Å². The lowest BCUT2D eigenvalue weighted by atomic mass is 9.84. The molecule has 0 aromatic carbocycles. The van der Waals surface area contributed by atoms with E-state index in [1.165, 1.54) is 5.56 Å². The highest BCUT2D eigenvalue weighted by atomic mass is 16.5. The van der Waals surface area contributed by atoms with Crippen molar-refractivity contribution in [1.29, 1.82) is 0 Å². The van der Waals surface area contributed by atoms with Gasteiger partial charge in [0.2, 0.25) is 0 Å². The van der Waals surface area contributed by atoms with Crippen LogP contribution < -0.4 is 5.73 Å². The Kier molecular flexibility index (Phi) is 5.18. The first kappa shape index (κ1) is 15.5. The van der Waals surface area contributed by atoms with Gasteiger partial charge in [-0.2, -0.15) is 5.10 Å². The van der Waals surface area contributed by atoms with Crippen LogP contribution in [0.4, 0.5) is 0 Å². The van der Waals surface area contributed by atoms with E-state index in [2.05, 4.69) is 37.0 Å². The third-order valence-corrected chi connectivity index (χ3v) is 4.71. The summed E-state index contributed by atoms with van der Waals surface area (Å²) in [6.07, 6.45) is 5.98. The fourth-order valence-electron chi connectivity index (χ4n) is 2.95. The average Bonchev–Trinajstić information content (AvgIpc) is 2.94. The van der Waals surface area contributed by atoms with Gasteiger partial charge in [-0.3, -0.25) is 9.58 Å². The predicted octanol–water partition coefficient (Wildman–Crippen LogP) is 1.27. The maximum Gasteiger partial charge on any atom is 0.0594 e. The Balaban J connectivity index is 2.04. The standard InChI is InChI=1S/C15H28N4O/c1-4-15(3,18-6-8-20-9-7-18)14(16)10-13-11-17-19(5-2)12-13/h11-12,14H,4-10,16H2,1-3H3. The van der Waals surface area contributed by atoms with Gasteiger partial charge in [0.15, 0.2) is 0 Å². The molecule has 2 heterocycles. The Bertz CT molecular complexity index is 414. The summed E-state index contributed by atoms with van der Waals surface area (Å²) in [6, 6.07) is 0.111. The molecule has 1 fully saturated rings. The maximum atomic E-state index is 6.56. The molecule has 5 nitrogen and oxygen atoms in total. The summed E-state index contributed by atoms with van der Waals surface area (Å²) >= 11 is 0. The summed E-state index contributed by atoms with van der Waals surface area (Å²) < 4.78 is 7.42. The fraction of sp³-hybridized carbons (Fsp3) is 0.800. The summed E-state index contributed by atoms with van der Waals surface area (Å²) in [5.74, 6) is 0. The van der Waals surface area contributed by atoms with Crippen LogP contribution in [0.1, 0.15) is 32.8 Å². The highest BCUT2D eigenvalue weighted by molar-refractivity contribution is 5.10. The van der Waals surface area contributed by atoms with E-state index in [4.69, 9.17) is 10.5 Å². The van der Waals surface area contributed by atoms with Gasteiger partial charge in [0, 0.05) is 37.4 Å². The molecule has 1 aromatic heterocycles. The van der Waals surface area contributed by atoms with E-state index >= 15 is 0 Å². The van der Waals surface area contributed by atoms with E-state index in [-0.39, 0.29) is 11.6 Å². The van der Waals surface area contributed by atoms with Crippen molar-refractivity contribution in [1.82, 2.24) is 14.7 Å². The molecule has 0 bridgehead atoms. The van der Waals surface area contributed by atoms with Gasteiger partial charge in [-0.1, -0.05) is 6.92 Å². The van der Waals surface area contributed by atoms with Crippen molar-refractivity contribution in [2.75, 3.05) is 26.3 Å². The predicted molar refractivity (Wildman–Crippen MR) is 80.7 cm³/mol. The van der Waals surface area contributed by atoms with E-state index in [0.29, 0.717) is 0 Å². The Morgan fingerprint density at radius 2 is 2.10 bits per heavy atom. The first-order valence-electron chi connectivity index (χ1n) is 7.69. The molecule has 2 rings (SSSR count). The van der Waals surface area contributed by atoms with Gasteiger partial charge < -0.3 is 10.5 Å². The Labute approximate surface area is 122 Å². The smallest absolute Gasteiger partial charge is 0.0594 e. The minimum Gasteiger partial charge on any atom is -0.379 e. The number of hydrogen-bond acceptors (Lipinski definition) is 4. The fourth-order valence-corrected chi connectivity index (χ4v) is 2.95. The highest BCUT2D eigenvalue weighted by Crippen LogP contribution is 2.25. The van der Waals surface area contributed by atoms with E-state index in [0.717, 1.165) is 45.7 Å². The van der Waals surface area contributed by atoms with Crippen LogP contribution in [0, 0.1) is 0 Å². The normalized spacial score (nSPS) is 21.6. The lowest BCUT2D eigenvalue weighted by molar-refractivity contribution is -0.0272. The molecule has 1 saturated heterocycles. The molecule has 2 N–H and O–H groups in total. The highest BCUT2D eigenvalue weighted by Gasteiger charge is 2.37. The molecule has 1 aliphatic rings. The molecular formula is C15H28N4O. The quantitative estimate of drug-likeness (QED) is 0.852. The second kappa shape index (κ2) is 6.70. The summed E-state index contributed by atoms with van der Waals surface area (Å²) in [5.41, 5.74) is 7.81. The van der Waals surface area contributed by atoms with Crippen LogP contribution in [0.2, 0.25) is 0 Å². The molecule has 114 valence electrons. The zero-order valence-corrected chi connectivity index (χ0v) is 13.0. The zero-order valence-electron chi connectivity index (χ0n) is 13.0. The second-order valence-electron chi connectivity index (χ2n) is 5.83. The van der Waals surface area contributed by atoms with Crippen molar-refractivity contribution in [3.63, 3.8) is 0 Å². The van der Waals surface area contributed by atoms with Gasteiger partial charge >= 0.3 is 0 Å². The van der Waals surface area contributed by atoms with Crippen LogP contribution in [0.25, 0.3) is 0 Å². The van der Waals surface area contributed by atoms with Crippen LogP contribution in [-0.2, 0) is 17.7 Å². The molecule has 0 radical (unpaired) electrons. The van der Waals surface area contributed by atoms with Crippen LogP contribution in [0.5, 0.6) is 0 Å². The van der Waals surface area contributed by atoms with Crippen molar-refractivity contribution < 1.29 is 4.74 Å². The van der Waals surface area contributed by atoms with Crippen LogP contribution in [0.3, 0.4) is 0 Å². The van der Waals surface area contributed by atoms with Crippen molar-refractivity contribution in [2.45, 2.75) is 51.7 Å². The first-order chi connectivity index (χ1) is 9.60. The third-order valence-electron chi connectivity index (χ3n) is 4.71. The second-order valence-corrected chi connectivity index (χ2v) is 5.83. The van der Waals surface area contributed by atoms with E-state index < -0.39 is 0 Å². The summed E-state index contributed by atoms with van der Waals surface area (Å²) in [7, 11) is 0. The maximum absolute atomic E-state index is 6.56. The number of rotatable bonds is 6. The van der Waals surface area contributed by atoms with Crippen molar-refractivity contribution in [3.8, 4) is 0 Å². The van der Waals surface area contributed by atoms with Crippen molar-refractivity contribution in [3.05, 3.63) is 18.0 Å². The molecule has 1 aliphatic heterocycles. The van der Waals surface area contributed by atoms with Gasteiger partial charge in [0.05, 0.1) is 19.4 Å². The Hall–Kier alpha value is -0.910. The number of hydrogen-bond donors (Lipinski definition) is 1. The van der Waals surface area contributed by atoms with E-state index in [1.54, 1.807) is 0 Å². The lowest BCUT2D eigenvalue weighted by Gasteiger charge is -2.46. The number of ether oxygens (including phenoxy) is 1. The minimum atomic E-state index is 0.0259. The summed E-state index contributed by atoms with van der Waals surface area (Å²) in [4.78, 5) is 2.49. The molecule has 2 unspecified atom stereocenters. The Morgan fingerprint density at radius 1 is 1.40 bits per heavy atom. The molecule has 20 heavy (non-hydrogen) atoms. The van der Waals surface area contributed by atoms with Gasteiger partial charge in [-0.25, -0.2) is 0 Å². The molecule has 0 saturated carbocycles. The Morgan fingerprint density at radius 3 is 2.65 bits per heavy atom. The molecule has 0 spiro atoms. The molecule has 2 atom stereocenters. The van der Waals surface area contributed by atoms with E-state index in [9.17, 15) is 0 Å². The summed E-state index contributed by atoms with van der Waals surface area (Å²) in [5, 5.41) is 4.34. The minimum absolute atomic E-state index is 0.0259. The van der Waals surface area contributed by atoms with Crippen molar-refractivity contribution >= 4 is 0 Å². The third kappa shape index (κ3) is 3.22. The molecule has 0 amide bonds. The van der Waals surface area contributed by atoms with Gasteiger partial charge in [0.1, 0.15) is 0 Å². The number of morpholine rings is 1.